The van der Waals surface area contributed by atoms with Crippen molar-refractivity contribution in [3.05, 3.63) is 23.8 Å². The minimum Gasteiger partial charge on any atom is -0.397 e. The summed E-state index contributed by atoms with van der Waals surface area (Å²) in [7, 11) is 0. The average molecular weight is 232 g/mol. The van der Waals surface area contributed by atoms with Crippen LogP contribution in [0.3, 0.4) is 0 Å². The van der Waals surface area contributed by atoms with E-state index in [9.17, 15) is 0 Å². The number of rotatable bonds is 3. The molecule has 2 heteroatoms. The van der Waals surface area contributed by atoms with Crippen molar-refractivity contribution in [3.8, 4) is 0 Å². The normalized spacial score (nSPS) is 24.6. The molecular formula is C15H24N2. The minimum absolute atomic E-state index is 0.609. The van der Waals surface area contributed by atoms with Gasteiger partial charge in [0.2, 0.25) is 0 Å². The first-order valence-electron chi connectivity index (χ1n) is 6.83. The highest BCUT2D eigenvalue weighted by molar-refractivity contribution is 5.67. The van der Waals surface area contributed by atoms with Crippen LogP contribution in [0.4, 0.5) is 11.4 Å². The third-order valence-electron chi connectivity index (χ3n) is 3.98. The third kappa shape index (κ3) is 2.93. The van der Waals surface area contributed by atoms with Gasteiger partial charge in [-0.25, -0.2) is 0 Å². The van der Waals surface area contributed by atoms with Crippen LogP contribution in [0.15, 0.2) is 18.2 Å². The molecule has 0 bridgehead atoms. The molecule has 1 saturated carbocycles. The molecule has 0 radical (unpaired) electrons. The van der Waals surface area contributed by atoms with Gasteiger partial charge in [0, 0.05) is 6.04 Å². The summed E-state index contributed by atoms with van der Waals surface area (Å²) in [4.78, 5) is 0. The Morgan fingerprint density at radius 3 is 2.82 bits per heavy atom. The average Bonchev–Trinajstić information content (AvgIpc) is 2.34. The van der Waals surface area contributed by atoms with Gasteiger partial charge in [-0.15, -0.1) is 0 Å². The van der Waals surface area contributed by atoms with E-state index in [4.69, 9.17) is 5.73 Å². The summed E-state index contributed by atoms with van der Waals surface area (Å²) < 4.78 is 0. The molecule has 1 aromatic rings. The molecule has 17 heavy (non-hydrogen) atoms. The Morgan fingerprint density at radius 2 is 2.06 bits per heavy atom. The molecule has 0 amide bonds. The van der Waals surface area contributed by atoms with Crippen LogP contribution in [0.5, 0.6) is 0 Å². The Hall–Kier alpha value is -1.18. The van der Waals surface area contributed by atoms with E-state index in [0.29, 0.717) is 6.04 Å². The first-order valence-corrected chi connectivity index (χ1v) is 6.83. The predicted molar refractivity (Wildman–Crippen MR) is 75.3 cm³/mol. The number of nitrogen functional groups attached to an aromatic ring is 1. The van der Waals surface area contributed by atoms with Crippen molar-refractivity contribution >= 4 is 11.4 Å². The Balaban J connectivity index is 2.10. The monoisotopic (exact) mass is 232 g/mol. The predicted octanol–water partition coefficient (Wildman–Crippen LogP) is 3.96. The van der Waals surface area contributed by atoms with E-state index < -0.39 is 0 Å². The molecule has 94 valence electrons. The van der Waals surface area contributed by atoms with Crippen LogP contribution in [0, 0.1) is 12.8 Å². The van der Waals surface area contributed by atoms with Crippen LogP contribution < -0.4 is 11.1 Å². The van der Waals surface area contributed by atoms with Crippen LogP contribution in [0.1, 0.15) is 44.6 Å². The highest BCUT2D eigenvalue weighted by Crippen LogP contribution is 2.31. The lowest BCUT2D eigenvalue weighted by Gasteiger charge is -2.32. The number of hydrogen-bond acceptors (Lipinski definition) is 2. The van der Waals surface area contributed by atoms with Crippen LogP contribution in [0.2, 0.25) is 0 Å². The Labute approximate surface area is 105 Å². The smallest absolute Gasteiger partial charge is 0.0578 e. The molecule has 1 aromatic carbocycles. The molecule has 2 unspecified atom stereocenters. The van der Waals surface area contributed by atoms with E-state index in [1.54, 1.807) is 0 Å². The molecule has 2 rings (SSSR count). The SMILES string of the molecule is CCC1CCCCC1Nc1cc(C)ccc1N. The molecule has 3 N–H and O–H groups in total. The van der Waals surface area contributed by atoms with Crippen molar-refractivity contribution in [2.75, 3.05) is 11.1 Å². The number of anilines is 2. The highest BCUT2D eigenvalue weighted by atomic mass is 14.9. The van der Waals surface area contributed by atoms with Gasteiger partial charge in [0.15, 0.2) is 0 Å². The van der Waals surface area contributed by atoms with Gasteiger partial charge in [-0.3, -0.25) is 0 Å². The van der Waals surface area contributed by atoms with E-state index >= 15 is 0 Å². The Kier molecular flexibility index (Phi) is 3.93. The van der Waals surface area contributed by atoms with Crippen LogP contribution in [-0.2, 0) is 0 Å². The van der Waals surface area contributed by atoms with E-state index in [1.807, 2.05) is 6.07 Å². The molecule has 2 nitrogen and oxygen atoms in total. The van der Waals surface area contributed by atoms with Crippen molar-refractivity contribution in [2.24, 2.45) is 5.92 Å². The van der Waals surface area contributed by atoms with Crippen molar-refractivity contribution in [2.45, 2.75) is 52.0 Å². The van der Waals surface area contributed by atoms with Gasteiger partial charge in [-0.05, 0) is 43.4 Å². The Bertz CT molecular complexity index is 373. The fourth-order valence-electron chi connectivity index (χ4n) is 2.88. The Morgan fingerprint density at radius 1 is 1.29 bits per heavy atom. The van der Waals surface area contributed by atoms with Crippen molar-refractivity contribution in [1.82, 2.24) is 0 Å². The maximum atomic E-state index is 6.03. The summed E-state index contributed by atoms with van der Waals surface area (Å²) in [6.45, 7) is 4.41. The number of nitrogens with two attached hydrogens (primary N) is 1. The number of aryl methyl sites for hydroxylation is 1. The lowest BCUT2D eigenvalue weighted by Crippen LogP contribution is -2.32. The molecule has 0 aromatic heterocycles. The zero-order chi connectivity index (χ0) is 12.3. The zero-order valence-electron chi connectivity index (χ0n) is 11.0. The molecule has 0 aliphatic heterocycles. The second kappa shape index (κ2) is 5.44. The number of nitrogens with one attached hydrogen (secondary N) is 1. The van der Waals surface area contributed by atoms with Gasteiger partial charge in [0.25, 0.3) is 0 Å². The maximum absolute atomic E-state index is 6.03. The molecule has 0 heterocycles. The molecule has 2 atom stereocenters. The van der Waals surface area contributed by atoms with Crippen molar-refractivity contribution in [1.29, 1.82) is 0 Å². The summed E-state index contributed by atoms with van der Waals surface area (Å²) in [5.74, 6) is 0.809. The zero-order valence-corrected chi connectivity index (χ0v) is 11.0. The number of hydrogen-bond donors (Lipinski definition) is 2. The van der Waals surface area contributed by atoms with E-state index in [2.05, 4.69) is 31.3 Å². The first-order chi connectivity index (χ1) is 8.20. The fraction of sp³-hybridized carbons (Fsp3) is 0.600. The summed E-state index contributed by atoms with van der Waals surface area (Å²) in [6.07, 6.45) is 6.65. The van der Waals surface area contributed by atoms with E-state index in [1.165, 1.54) is 37.7 Å². The van der Waals surface area contributed by atoms with Gasteiger partial charge in [0.1, 0.15) is 0 Å². The maximum Gasteiger partial charge on any atom is 0.0578 e. The first kappa shape index (κ1) is 12.3. The van der Waals surface area contributed by atoms with Gasteiger partial charge < -0.3 is 11.1 Å². The second-order valence-corrected chi connectivity index (χ2v) is 5.29. The second-order valence-electron chi connectivity index (χ2n) is 5.29. The van der Waals surface area contributed by atoms with E-state index in [0.717, 1.165) is 17.3 Å². The molecule has 1 fully saturated rings. The third-order valence-corrected chi connectivity index (χ3v) is 3.98. The highest BCUT2D eigenvalue weighted by Gasteiger charge is 2.23. The van der Waals surface area contributed by atoms with Crippen molar-refractivity contribution in [3.63, 3.8) is 0 Å². The fourth-order valence-corrected chi connectivity index (χ4v) is 2.88. The van der Waals surface area contributed by atoms with E-state index in [-0.39, 0.29) is 0 Å². The topological polar surface area (TPSA) is 38.0 Å². The lowest BCUT2D eigenvalue weighted by molar-refractivity contribution is 0.317. The molecule has 1 aliphatic rings. The lowest BCUT2D eigenvalue weighted by atomic mass is 9.82. The van der Waals surface area contributed by atoms with Crippen molar-refractivity contribution < 1.29 is 0 Å². The molecular weight excluding hydrogens is 208 g/mol. The summed E-state index contributed by atoms with van der Waals surface area (Å²) >= 11 is 0. The summed E-state index contributed by atoms with van der Waals surface area (Å²) in [5.41, 5.74) is 9.29. The van der Waals surface area contributed by atoms with Gasteiger partial charge in [0.05, 0.1) is 11.4 Å². The van der Waals surface area contributed by atoms with Gasteiger partial charge >= 0.3 is 0 Å². The van der Waals surface area contributed by atoms with Crippen LogP contribution in [0.25, 0.3) is 0 Å². The standard InChI is InChI=1S/C15H24N2/c1-3-12-6-4-5-7-14(12)17-15-10-11(2)8-9-13(15)16/h8-10,12,14,17H,3-7,16H2,1-2H3. The summed E-state index contributed by atoms with van der Waals surface area (Å²) in [5, 5.41) is 3.67. The quantitative estimate of drug-likeness (QED) is 0.774. The molecule has 1 aliphatic carbocycles. The van der Waals surface area contributed by atoms with Crippen LogP contribution >= 0.6 is 0 Å². The van der Waals surface area contributed by atoms with Gasteiger partial charge in [-0.2, -0.15) is 0 Å². The summed E-state index contributed by atoms with van der Waals surface area (Å²) in [6, 6.07) is 6.84. The number of benzene rings is 1. The molecule has 0 spiro atoms. The van der Waals surface area contributed by atoms with Crippen LogP contribution in [-0.4, -0.2) is 6.04 Å². The minimum atomic E-state index is 0.609. The molecule has 0 saturated heterocycles. The largest absolute Gasteiger partial charge is 0.397 e. The van der Waals surface area contributed by atoms with Gasteiger partial charge in [-0.1, -0.05) is 32.3 Å².